The van der Waals surface area contributed by atoms with Gasteiger partial charge < -0.3 is 15.2 Å². The lowest BCUT2D eigenvalue weighted by atomic mass is 10.0. The van der Waals surface area contributed by atoms with Gasteiger partial charge in [0.1, 0.15) is 5.69 Å². The molecule has 1 heterocycles. The van der Waals surface area contributed by atoms with Gasteiger partial charge in [-0.05, 0) is 41.3 Å². The van der Waals surface area contributed by atoms with Crippen molar-refractivity contribution in [1.29, 1.82) is 0 Å². The van der Waals surface area contributed by atoms with Crippen molar-refractivity contribution in [3.63, 3.8) is 0 Å². The van der Waals surface area contributed by atoms with Gasteiger partial charge in [0.25, 0.3) is 5.91 Å². The van der Waals surface area contributed by atoms with E-state index in [-0.39, 0.29) is 24.4 Å². The summed E-state index contributed by atoms with van der Waals surface area (Å²) in [4.78, 5) is 14.1. The average molecular weight is 367 g/mol. The maximum Gasteiger partial charge on any atom is 0.270 e. The van der Waals surface area contributed by atoms with E-state index in [0.29, 0.717) is 12.5 Å². The predicted molar refractivity (Wildman–Crippen MR) is 89.4 cm³/mol. The Bertz CT molecular complexity index is 434. The molecule has 6 heteroatoms. The molecule has 0 fully saturated rings. The quantitative estimate of drug-likeness (QED) is 0.841. The highest BCUT2D eigenvalue weighted by atomic mass is 79.9. The van der Waals surface area contributed by atoms with Crippen LogP contribution in [0.15, 0.2) is 16.7 Å². The van der Waals surface area contributed by atoms with E-state index < -0.39 is 0 Å². The third-order valence-electron chi connectivity index (χ3n) is 3.42. The number of carbonyl (C=O) groups excluding carboxylic acids is 1. The Morgan fingerprint density at radius 3 is 2.60 bits per heavy atom. The van der Waals surface area contributed by atoms with Crippen LogP contribution in [0.3, 0.4) is 0 Å². The van der Waals surface area contributed by atoms with Crippen molar-refractivity contribution in [1.82, 2.24) is 9.47 Å². The maximum atomic E-state index is 12.4. The topological polar surface area (TPSA) is 51.3 Å². The van der Waals surface area contributed by atoms with Crippen LogP contribution < -0.4 is 5.73 Å². The molecule has 1 amide bonds. The van der Waals surface area contributed by atoms with Gasteiger partial charge in [0.15, 0.2) is 0 Å². The molecule has 1 unspecified atom stereocenters. The third-order valence-corrected chi connectivity index (χ3v) is 3.86. The van der Waals surface area contributed by atoms with Gasteiger partial charge in [0.2, 0.25) is 0 Å². The highest BCUT2D eigenvalue weighted by molar-refractivity contribution is 9.10. The van der Waals surface area contributed by atoms with Crippen LogP contribution in [0.4, 0.5) is 0 Å². The normalized spacial score (nSPS) is 12.2. The van der Waals surface area contributed by atoms with Crippen molar-refractivity contribution in [3.8, 4) is 0 Å². The standard InChI is InChI=1S/C14H24BrN3O.ClH/c1-5-18-9-11(15)8-13(18)14(19)17(4)7-6-12(16)10(2)3;/h8-10,12H,5-7,16H2,1-4H3;1H. The van der Waals surface area contributed by atoms with E-state index >= 15 is 0 Å². The Labute approximate surface area is 136 Å². The summed E-state index contributed by atoms with van der Waals surface area (Å²) in [6.45, 7) is 7.70. The van der Waals surface area contributed by atoms with E-state index in [9.17, 15) is 4.79 Å². The average Bonchev–Trinajstić information content (AvgIpc) is 2.75. The Balaban J connectivity index is 0.00000361. The summed E-state index contributed by atoms with van der Waals surface area (Å²) in [6.07, 6.45) is 2.76. The summed E-state index contributed by atoms with van der Waals surface area (Å²) in [5.41, 5.74) is 6.73. The summed E-state index contributed by atoms with van der Waals surface area (Å²) in [5, 5.41) is 0. The van der Waals surface area contributed by atoms with E-state index in [2.05, 4.69) is 29.8 Å². The second kappa shape index (κ2) is 8.70. The van der Waals surface area contributed by atoms with Crippen LogP contribution in [0.2, 0.25) is 0 Å². The first-order valence-corrected chi connectivity index (χ1v) is 7.52. The van der Waals surface area contributed by atoms with Crippen molar-refractivity contribution < 1.29 is 4.79 Å². The Morgan fingerprint density at radius 1 is 1.50 bits per heavy atom. The molecule has 0 saturated heterocycles. The minimum Gasteiger partial charge on any atom is -0.343 e. The van der Waals surface area contributed by atoms with Crippen LogP contribution in [-0.4, -0.2) is 35.0 Å². The minimum absolute atomic E-state index is 0. The fraction of sp³-hybridized carbons (Fsp3) is 0.643. The van der Waals surface area contributed by atoms with E-state index in [1.807, 2.05) is 30.8 Å². The summed E-state index contributed by atoms with van der Waals surface area (Å²) >= 11 is 3.41. The Kier molecular flexibility index (Phi) is 8.47. The molecule has 0 spiro atoms. The van der Waals surface area contributed by atoms with E-state index in [1.165, 1.54) is 0 Å². The van der Waals surface area contributed by atoms with Gasteiger partial charge in [-0.15, -0.1) is 12.4 Å². The van der Waals surface area contributed by atoms with Crippen LogP contribution in [-0.2, 0) is 6.54 Å². The number of amides is 1. The molecular weight excluding hydrogens is 342 g/mol. The molecule has 0 aliphatic rings. The number of aryl methyl sites for hydroxylation is 1. The second-order valence-corrected chi connectivity index (χ2v) is 6.17. The zero-order chi connectivity index (χ0) is 14.6. The second-order valence-electron chi connectivity index (χ2n) is 5.25. The van der Waals surface area contributed by atoms with Crippen molar-refractivity contribution >= 4 is 34.2 Å². The van der Waals surface area contributed by atoms with Crippen molar-refractivity contribution in [2.45, 2.75) is 39.8 Å². The largest absolute Gasteiger partial charge is 0.343 e. The molecule has 4 nitrogen and oxygen atoms in total. The smallest absolute Gasteiger partial charge is 0.270 e. The fourth-order valence-electron chi connectivity index (χ4n) is 1.89. The number of nitrogens with zero attached hydrogens (tertiary/aromatic N) is 2. The van der Waals surface area contributed by atoms with Gasteiger partial charge in [-0.25, -0.2) is 0 Å². The number of hydrogen-bond donors (Lipinski definition) is 1. The first-order chi connectivity index (χ1) is 8.86. The number of halogens is 2. The Hall–Kier alpha value is -0.520. The molecule has 20 heavy (non-hydrogen) atoms. The van der Waals surface area contributed by atoms with Crippen LogP contribution >= 0.6 is 28.3 Å². The molecule has 116 valence electrons. The van der Waals surface area contributed by atoms with Crippen LogP contribution in [0, 0.1) is 5.92 Å². The minimum atomic E-state index is 0. The molecule has 0 bridgehead atoms. The molecule has 0 radical (unpaired) electrons. The molecule has 1 aromatic heterocycles. The van der Waals surface area contributed by atoms with E-state index in [1.54, 1.807) is 4.90 Å². The lowest BCUT2D eigenvalue weighted by Crippen LogP contribution is -2.35. The molecule has 1 rings (SSSR count). The number of aromatic nitrogens is 1. The summed E-state index contributed by atoms with van der Waals surface area (Å²) < 4.78 is 2.88. The van der Waals surface area contributed by atoms with E-state index in [0.717, 1.165) is 23.1 Å². The maximum absolute atomic E-state index is 12.4. The van der Waals surface area contributed by atoms with Gasteiger partial charge in [0, 0.05) is 36.8 Å². The zero-order valence-corrected chi connectivity index (χ0v) is 15.0. The molecule has 0 aromatic carbocycles. The van der Waals surface area contributed by atoms with Gasteiger partial charge in [-0.1, -0.05) is 13.8 Å². The molecule has 0 aliphatic carbocycles. The van der Waals surface area contributed by atoms with Crippen molar-refractivity contribution in [2.24, 2.45) is 11.7 Å². The SMILES string of the molecule is CCn1cc(Br)cc1C(=O)N(C)CCC(N)C(C)C.Cl. The van der Waals surface area contributed by atoms with Crippen LogP contribution in [0.1, 0.15) is 37.7 Å². The lowest BCUT2D eigenvalue weighted by Gasteiger charge is -2.22. The van der Waals surface area contributed by atoms with Gasteiger partial charge in [-0.2, -0.15) is 0 Å². The first-order valence-electron chi connectivity index (χ1n) is 6.73. The first kappa shape index (κ1) is 19.5. The highest BCUT2D eigenvalue weighted by Crippen LogP contribution is 2.16. The van der Waals surface area contributed by atoms with Gasteiger partial charge in [-0.3, -0.25) is 4.79 Å². The summed E-state index contributed by atoms with van der Waals surface area (Å²) in [7, 11) is 1.83. The number of nitrogens with two attached hydrogens (primary N) is 1. The van der Waals surface area contributed by atoms with E-state index in [4.69, 9.17) is 5.73 Å². The lowest BCUT2D eigenvalue weighted by molar-refractivity contribution is 0.0778. The molecular formula is C14H25BrClN3O. The third kappa shape index (κ3) is 5.11. The summed E-state index contributed by atoms with van der Waals surface area (Å²) in [5.74, 6) is 0.487. The monoisotopic (exact) mass is 365 g/mol. The van der Waals surface area contributed by atoms with Crippen LogP contribution in [0.25, 0.3) is 0 Å². The summed E-state index contributed by atoms with van der Waals surface area (Å²) in [6, 6.07) is 2.00. The van der Waals surface area contributed by atoms with Crippen molar-refractivity contribution in [3.05, 3.63) is 22.4 Å². The zero-order valence-electron chi connectivity index (χ0n) is 12.6. The fourth-order valence-corrected chi connectivity index (χ4v) is 2.35. The van der Waals surface area contributed by atoms with Gasteiger partial charge >= 0.3 is 0 Å². The molecule has 1 atom stereocenters. The molecule has 2 N–H and O–H groups in total. The highest BCUT2D eigenvalue weighted by Gasteiger charge is 2.17. The molecule has 0 aliphatic heterocycles. The van der Waals surface area contributed by atoms with Crippen molar-refractivity contribution in [2.75, 3.05) is 13.6 Å². The molecule has 1 aromatic rings. The Morgan fingerprint density at radius 2 is 2.10 bits per heavy atom. The molecule has 0 saturated carbocycles. The number of hydrogen-bond acceptors (Lipinski definition) is 2. The predicted octanol–water partition coefficient (Wildman–Crippen LogP) is 3.14. The van der Waals surface area contributed by atoms with Gasteiger partial charge in [0.05, 0.1) is 0 Å². The number of rotatable bonds is 6. The number of carbonyl (C=O) groups is 1. The van der Waals surface area contributed by atoms with Crippen LogP contribution in [0.5, 0.6) is 0 Å².